The number of likely N-dealkylation sites (tertiary alicyclic amines) is 1. The van der Waals surface area contributed by atoms with Crippen LogP contribution >= 0.6 is 0 Å². The summed E-state index contributed by atoms with van der Waals surface area (Å²) in [6.07, 6.45) is 2.44. The number of fused-ring (bicyclic) bond motifs is 2. The predicted octanol–water partition coefficient (Wildman–Crippen LogP) is 2.52. The van der Waals surface area contributed by atoms with Crippen molar-refractivity contribution in [3.63, 3.8) is 0 Å². The number of benzene rings is 1. The summed E-state index contributed by atoms with van der Waals surface area (Å²) in [6, 6.07) is 10.7. The Morgan fingerprint density at radius 2 is 1.63 bits per heavy atom. The van der Waals surface area contributed by atoms with E-state index in [4.69, 9.17) is 9.47 Å². The van der Waals surface area contributed by atoms with E-state index in [1.807, 2.05) is 0 Å². The van der Waals surface area contributed by atoms with Crippen molar-refractivity contribution in [3.05, 3.63) is 35.9 Å². The van der Waals surface area contributed by atoms with Gasteiger partial charge in [0, 0.05) is 45.7 Å². The summed E-state index contributed by atoms with van der Waals surface area (Å²) < 4.78 is 11.5. The fourth-order valence-electron chi connectivity index (χ4n) is 3.99. The van der Waals surface area contributed by atoms with Crippen LogP contribution < -0.4 is 0 Å². The molecular formula is C16H23NO2. The van der Waals surface area contributed by atoms with Gasteiger partial charge in [0.1, 0.15) is 0 Å². The van der Waals surface area contributed by atoms with E-state index in [9.17, 15) is 0 Å². The van der Waals surface area contributed by atoms with E-state index in [1.165, 1.54) is 18.4 Å². The highest BCUT2D eigenvalue weighted by atomic mass is 16.7. The van der Waals surface area contributed by atoms with Gasteiger partial charge in [-0.3, -0.25) is 4.90 Å². The van der Waals surface area contributed by atoms with Crippen molar-refractivity contribution in [2.45, 2.75) is 25.2 Å². The van der Waals surface area contributed by atoms with Gasteiger partial charge in [0.15, 0.2) is 5.79 Å². The third kappa shape index (κ3) is 2.20. The number of hydrogen-bond donors (Lipinski definition) is 0. The van der Waals surface area contributed by atoms with E-state index in [1.54, 1.807) is 14.2 Å². The molecule has 1 aliphatic carbocycles. The molecule has 1 saturated carbocycles. The molecule has 2 bridgehead atoms. The van der Waals surface area contributed by atoms with E-state index >= 15 is 0 Å². The maximum Gasteiger partial charge on any atom is 0.175 e. The zero-order valence-corrected chi connectivity index (χ0v) is 11.8. The Balaban J connectivity index is 1.71. The van der Waals surface area contributed by atoms with Crippen LogP contribution in [0.2, 0.25) is 0 Å². The van der Waals surface area contributed by atoms with Crippen molar-refractivity contribution in [1.82, 2.24) is 4.90 Å². The molecule has 104 valence electrons. The highest BCUT2D eigenvalue weighted by Gasteiger charge is 2.55. The quantitative estimate of drug-likeness (QED) is 0.777. The molecule has 3 rings (SSSR count). The monoisotopic (exact) mass is 261 g/mol. The van der Waals surface area contributed by atoms with Crippen LogP contribution in [0.3, 0.4) is 0 Å². The summed E-state index contributed by atoms with van der Waals surface area (Å²) in [4.78, 5) is 2.55. The first-order valence-corrected chi connectivity index (χ1v) is 7.15. The molecule has 0 radical (unpaired) electrons. The largest absolute Gasteiger partial charge is 0.353 e. The second kappa shape index (κ2) is 5.23. The molecule has 1 aromatic carbocycles. The van der Waals surface area contributed by atoms with E-state index in [0.717, 1.165) is 19.6 Å². The molecular weight excluding hydrogens is 238 g/mol. The maximum atomic E-state index is 5.76. The molecule has 2 aliphatic rings. The molecule has 3 heteroatoms. The first-order chi connectivity index (χ1) is 9.28. The predicted molar refractivity (Wildman–Crippen MR) is 74.7 cm³/mol. The molecule has 0 aromatic heterocycles. The zero-order chi connectivity index (χ0) is 13.3. The lowest BCUT2D eigenvalue weighted by molar-refractivity contribution is -0.270. The third-order valence-electron chi connectivity index (χ3n) is 4.85. The lowest BCUT2D eigenvalue weighted by Crippen LogP contribution is -2.55. The normalized spacial score (nSPS) is 29.6. The van der Waals surface area contributed by atoms with Crippen molar-refractivity contribution in [3.8, 4) is 0 Å². The number of hydrogen-bond acceptors (Lipinski definition) is 3. The fraction of sp³-hybridized carbons (Fsp3) is 0.625. The van der Waals surface area contributed by atoms with Crippen LogP contribution in [0.5, 0.6) is 0 Å². The summed E-state index contributed by atoms with van der Waals surface area (Å²) in [6.45, 7) is 3.19. The zero-order valence-electron chi connectivity index (χ0n) is 11.8. The molecule has 3 nitrogen and oxygen atoms in total. The molecule has 2 unspecified atom stereocenters. The van der Waals surface area contributed by atoms with Gasteiger partial charge in [0.2, 0.25) is 0 Å². The van der Waals surface area contributed by atoms with Gasteiger partial charge >= 0.3 is 0 Å². The van der Waals surface area contributed by atoms with Gasteiger partial charge in [0.25, 0.3) is 0 Å². The summed E-state index contributed by atoms with van der Waals surface area (Å²) in [7, 11) is 3.59. The molecule has 1 saturated heterocycles. The summed E-state index contributed by atoms with van der Waals surface area (Å²) in [5, 5.41) is 0. The molecule has 1 aliphatic heterocycles. The molecule has 1 aromatic rings. The van der Waals surface area contributed by atoms with Gasteiger partial charge in [-0.2, -0.15) is 0 Å². The van der Waals surface area contributed by atoms with Crippen LogP contribution in [-0.2, 0) is 16.0 Å². The van der Waals surface area contributed by atoms with Gasteiger partial charge in [-0.25, -0.2) is 0 Å². The van der Waals surface area contributed by atoms with Gasteiger partial charge in [-0.15, -0.1) is 0 Å². The number of piperidine rings is 1. The van der Waals surface area contributed by atoms with Crippen LogP contribution in [0.4, 0.5) is 0 Å². The second-order valence-electron chi connectivity index (χ2n) is 5.78. The van der Waals surface area contributed by atoms with Crippen LogP contribution in [-0.4, -0.2) is 38.0 Å². The van der Waals surface area contributed by atoms with Crippen LogP contribution in [0.15, 0.2) is 30.3 Å². The average molecular weight is 261 g/mol. The van der Waals surface area contributed by atoms with Crippen molar-refractivity contribution < 1.29 is 9.47 Å². The Morgan fingerprint density at radius 3 is 2.16 bits per heavy atom. The first-order valence-electron chi connectivity index (χ1n) is 7.15. The number of ether oxygens (including phenoxy) is 2. The third-order valence-corrected chi connectivity index (χ3v) is 4.85. The lowest BCUT2D eigenvalue weighted by Gasteiger charge is -2.45. The average Bonchev–Trinajstić information content (AvgIpc) is 2.64. The van der Waals surface area contributed by atoms with Gasteiger partial charge < -0.3 is 9.47 Å². The highest BCUT2D eigenvalue weighted by Crippen LogP contribution is 2.47. The van der Waals surface area contributed by atoms with Crippen LogP contribution in [0.1, 0.15) is 18.4 Å². The SMILES string of the molecule is COC1(OC)C2CCC1CN(Cc1ccccc1)C2. The van der Waals surface area contributed by atoms with E-state index in [0.29, 0.717) is 11.8 Å². The molecule has 2 fully saturated rings. The van der Waals surface area contributed by atoms with E-state index < -0.39 is 0 Å². The van der Waals surface area contributed by atoms with E-state index in [-0.39, 0.29) is 5.79 Å². The maximum absolute atomic E-state index is 5.76. The number of nitrogens with zero attached hydrogens (tertiary/aromatic N) is 1. The van der Waals surface area contributed by atoms with Crippen molar-refractivity contribution in [2.75, 3.05) is 27.3 Å². The first kappa shape index (κ1) is 13.1. The Kier molecular flexibility index (Phi) is 3.61. The van der Waals surface area contributed by atoms with Gasteiger partial charge in [0.05, 0.1) is 0 Å². The van der Waals surface area contributed by atoms with Crippen molar-refractivity contribution in [1.29, 1.82) is 0 Å². The number of methoxy groups -OCH3 is 2. The minimum Gasteiger partial charge on any atom is -0.353 e. The summed E-state index contributed by atoms with van der Waals surface area (Å²) in [5.74, 6) is 0.683. The Hall–Kier alpha value is -0.900. The summed E-state index contributed by atoms with van der Waals surface area (Å²) >= 11 is 0. The van der Waals surface area contributed by atoms with E-state index in [2.05, 4.69) is 35.2 Å². The standard InChI is InChI=1S/C16H23NO2/c1-18-16(19-2)14-8-9-15(16)12-17(11-14)10-13-6-4-3-5-7-13/h3-7,14-15H,8-12H2,1-2H3. The molecule has 19 heavy (non-hydrogen) atoms. The van der Waals surface area contributed by atoms with Gasteiger partial charge in [-0.05, 0) is 18.4 Å². The summed E-state index contributed by atoms with van der Waals surface area (Å²) in [5.41, 5.74) is 1.39. The van der Waals surface area contributed by atoms with Crippen molar-refractivity contribution in [2.24, 2.45) is 11.8 Å². The smallest absolute Gasteiger partial charge is 0.175 e. The van der Waals surface area contributed by atoms with Gasteiger partial charge in [-0.1, -0.05) is 30.3 Å². The van der Waals surface area contributed by atoms with Crippen molar-refractivity contribution >= 4 is 0 Å². The Bertz CT molecular complexity index is 400. The minimum absolute atomic E-state index is 0.326. The second-order valence-corrected chi connectivity index (χ2v) is 5.78. The molecule has 0 N–H and O–H groups in total. The highest BCUT2D eigenvalue weighted by molar-refractivity contribution is 5.15. The fourth-order valence-corrected chi connectivity index (χ4v) is 3.99. The molecule has 1 heterocycles. The number of rotatable bonds is 4. The molecule has 0 spiro atoms. The molecule has 0 amide bonds. The topological polar surface area (TPSA) is 21.7 Å². The Morgan fingerprint density at radius 1 is 1.05 bits per heavy atom. The Labute approximate surface area is 115 Å². The lowest BCUT2D eigenvalue weighted by atomic mass is 9.90. The van der Waals surface area contributed by atoms with Crippen LogP contribution in [0, 0.1) is 11.8 Å². The van der Waals surface area contributed by atoms with Crippen LogP contribution in [0.25, 0.3) is 0 Å². The minimum atomic E-state index is -0.326. The molecule has 2 atom stereocenters.